The molecule has 0 unspecified atom stereocenters. The highest BCUT2D eigenvalue weighted by atomic mass is 16.5. The number of ether oxygens (including phenoxy) is 1. The monoisotopic (exact) mass is 520 g/mol. The molecule has 0 aliphatic carbocycles. The third-order valence-electron chi connectivity index (χ3n) is 6.93. The molecule has 3 atom stereocenters. The summed E-state index contributed by atoms with van der Waals surface area (Å²) in [5.74, 6) is -1.55. The van der Waals surface area contributed by atoms with Crippen LogP contribution < -0.4 is 5.32 Å². The number of allylic oxidation sites excluding steroid dienone is 2. The van der Waals surface area contributed by atoms with Crippen molar-refractivity contribution in [2.75, 3.05) is 19.8 Å². The maximum atomic E-state index is 13.3. The largest absolute Gasteiger partial charge is 0.463 e. The highest BCUT2D eigenvalue weighted by Gasteiger charge is 2.29. The van der Waals surface area contributed by atoms with Gasteiger partial charge < -0.3 is 20.1 Å². The van der Waals surface area contributed by atoms with E-state index in [1.54, 1.807) is 4.90 Å². The molecule has 3 rings (SSSR count). The van der Waals surface area contributed by atoms with Gasteiger partial charge in [-0.25, -0.2) is 0 Å². The molecular formula is C31H40N2O5. The van der Waals surface area contributed by atoms with Crippen molar-refractivity contribution in [1.29, 1.82) is 0 Å². The summed E-state index contributed by atoms with van der Waals surface area (Å²) in [7, 11) is 0. The van der Waals surface area contributed by atoms with Gasteiger partial charge >= 0.3 is 5.97 Å². The van der Waals surface area contributed by atoms with Crippen LogP contribution in [0.4, 0.5) is 0 Å². The van der Waals surface area contributed by atoms with Crippen LogP contribution in [0.15, 0.2) is 72.8 Å². The van der Waals surface area contributed by atoms with E-state index in [0.717, 1.165) is 11.1 Å². The number of aliphatic hydroxyl groups is 1. The van der Waals surface area contributed by atoms with Crippen LogP contribution in [0.25, 0.3) is 0 Å². The molecule has 0 saturated heterocycles. The SMILES string of the molecule is CC(C)[C@H]1COC(=O)[C@@H](Cc2ccccc2)CC=CC[C@H](CC(=O)N(CCO)Cc2ccccc2)C(=O)N1. The summed E-state index contributed by atoms with van der Waals surface area (Å²) in [6.45, 7) is 4.44. The predicted molar refractivity (Wildman–Crippen MR) is 147 cm³/mol. The van der Waals surface area contributed by atoms with E-state index < -0.39 is 5.92 Å². The molecular weight excluding hydrogens is 480 g/mol. The number of hydrogen-bond acceptors (Lipinski definition) is 5. The number of nitrogens with one attached hydrogen (secondary N) is 1. The highest BCUT2D eigenvalue weighted by Crippen LogP contribution is 2.20. The maximum Gasteiger partial charge on any atom is 0.309 e. The van der Waals surface area contributed by atoms with Gasteiger partial charge in [0.15, 0.2) is 0 Å². The van der Waals surface area contributed by atoms with Crippen LogP contribution in [0, 0.1) is 17.8 Å². The summed E-state index contributed by atoms with van der Waals surface area (Å²) >= 11 is 0. The van der Waals surface area contributed by atoms with Crippen LogP contribution in [0.1, 0.15) is 44.2 Å². The number of esters is 1. The number of nitrogens with zero attached hydrogens (tertiary/aromatic N) is 1. The van der Waals surface area contributed by atoms with E-state index in [9.17, 15) is 19.5 Å². The Morgan fingerprint density at radius 1 is 0.974 bits per heavy atom. The fraction of sp³-hybridized carbons (Fsp3) is 0.452. The second-order valence-corrected chi connectivity index (χ2v) is 10.2. The van der Waals surface area contributed by atoms with Gasteiger partial charge in [0.05, 0.1) is 24.5 Å². The van der Waals surface area contributed by atoms with Crippen LogP contribution in [0.2, 0.25) is 0 Å². The van der Waals surface area contributed by atoms with Crippen molar-refractivity contribution in [3.63, 3.8) is 0 Å². The van der Waals surface area contributed by atoms with Gasteiger partial charge in [0.25, 0.3) is 0 Å². The molecule has 7 nitrogen and oxygen atoms in total. The number of aliphatic hydroxyl groups excluding tert-OH is 1. The van der Waals surface area contributed by atoms with Crippen LogP contribution in [-0.4, -0.2) is 53.6 Å². The Balaban J connectivity index is 1.76. The molecule has 204 valence electrons. The molecule has 7 heteroatoms. The van der Waals surface area contributed by atoms with Crippen LogP contribution in [0.5, 0.6) is 0 Å². The maximum absolute atomic E-state index is 13.3. The number of amides is 2. The van der Waals surface area contributed by atoms with Gasteiger partial charge in [-0.3, -0.25) is 14.4 Å². The molecule has 38 heavy (non-hydrogen) atoms. The van der Waals surface area contributed by atoms with Gasteiger partial charge in [-0.05, 0) is 36.3 Å². The van der Waals surface area contributed by atoms with Crippen molar-refractivity contribution < 1.29 is 24.2 Å². The second-order valence-electron chi connectivity index (χ2n) is 10.2. The van der Waals surface area contributed by atoms with Crippen molar-refractivity contribution in [1.82, 2.24) is 10.2 Å². The average molecular weight is 521 g/mol. The highest BCUT2D eigenvalue weighted by molar-refractivity contribution is 5.86. The summed E-state index contributed by atoms with van der Waals surface area (Å²) < 4.78 is 5.68. The Morgan fingerprint density at radius 2 is 1.58 bits per heavy atom. The van der Waals surface area contributed by atoms with Crippen molar-refractivity contribution in [3.05, 3.63) is 83.9 Å². The first-order chi connectivity index (χ1) is 18.4. The fourth-order valence-corrected chi connectivity index (χ4v) is 4.51. The number of carbonyl (C=O) groups is 3. The van der Waals surface area contributed by atoms with E-state index in [4.69, 9.17) is 4.74 Å². The van der Waals surface area contributed by atoms with Gasteiger partial charge in [0, 0.05) is 19.5 Å². The third-order valence-corrected chi connectivity index (χ3v) is 6.93. The van der Waals surface area contributed by atoms with E-state index in [1.807, 2.05) is 86.7 Å². The zero-order valence-electron chi connectivity index (χ0n) is 22.4. The van der Waals surface area contributed by atoms with Crippen molar-refractivity contribution in [2.45, 2.75) is 52.1 Å². The molecule has 2 aromatic rings. The first-order valence-corrected chi connectivity index (χ1v) is 13.5. The number of benzene rings is 2. The summed E-state index contributed by atoms with van der Waals surface area (Å²) in [5.41, 5.74) is 2.03. The lowest BCUT2D eigenvalue weighted by Gasteiger charge is -2.28. The lowest BCUT2D eigenvalue weighted by Crippen LogP contribution is -2.46. The smallest absolute Gasteiger partial charge is 0.309 e. The molecule has 1 heterocycles. The van der Waals surface area contributed by atoms with Crippen molar-refractivity contribution >= 4 is 17.8 Å². The minimum atomic E-state index is -0.570. The van der Waals surface area contributed by atoms with Gasteiger partial charge in [-0.2, -0.15) is 0 Å². The van der Waals surface area contributed by atoms with Gasteiger partial charge in [-0.1, -0.05) is 86.7 Å². The van der Waals surface area contributed by atoms with Crippen molar-refractivity contribution in [2.24, 2.45) is 17.8 Å². The van der Waals surface area contributed by atoms with Gasteiger partial charge in [-0.15, -0.1) is 0 Å². The van der Waals surface area contributed by atoms with Crippen LogP contribution in [0.3, 0.4) is 0 Å². The Bertz CT molecular complexity index is 1050. The molecule has 2 amide bonds. The third kappa shape index (κ3) is 9.14. The van der Waals surface area contributed by atoms with Crippen molar-refractivity contribution in [3.8, 4) is 0 Å². The molecule has 0 bridgehead atoms. The average Bonchev–Trinajstić information content (AvgIpc) is 2.91. The fourth-order valence-electron chi connectivity index (χ4n) is 4.51. The molecule has 0 aromatic heterocycles. The molecule has 2 N–H and O–H groups in total. The first-order valence-electron chi connectivity index (χ1n) is 13.5. The molecule has 0 saturated carbocycles. The van der Waals surface area contributed by atoms with E-state index in [2.05, 4.69) is 5.32 Å². The van der Waals surface area contributed by atoms with E-state index in [1.165, 1.54) is 0 Å². The quantitative estimate of drug-likeness (QED) is 0.386. The predicted octanol–water partition coefficient (Wildman–Crippen LogP) is 3.91. The summed E-state index contributed by atoms with van der Waals surface area (Å²) in [5, 5.41) is 12.6. The lowest BCUT2D eigenvalue weighted by molar-refractivity contribution is -0.150. The van der Waals surface area contributed by atoms with Crippen LogP contribution in [-0.2, 0) is 32.1 Å². The number of cyclic esters (lactones) is 1. The van der Waals surface area contributed by atoms with E-state index >= 15 is 0 Å². The normalized spacial score (nSPS) is 20.7. The van der Waals surface area contributed by atoms with E-state index in [-0.39, 0.29) is 61.8 Å². The van der Waals surface area contributed by atoms with E-state index in [0.29, 0.717) is 25.8 Å². The Labute approximate surface area is 225 Å². The number of hydrogen-bond donors (Lipinski definition) is 2. The summed E-state index contributed by atoms with van der Waals surface area (Å²) in [6, 6.07) is 19.1. The zero-order chi connectivity index (χ0) is 27.3. The standard InChI is InChI=1S/C31H40N2O5/c1-23(2)28-22-38-31(37)27(19-24-11-5-3-6-12-24)16-10-9-15-26(30(36)32-28)20-29(35)33(17-18-34)21-25-13-7-4-8-14-25/h3-14,23,26-28,34H,15-22H2,1-2H3,(H,32,36)/t26-,27-,28-/m1/s1. The molecule has 1 aliphatic heterocycles. The van der Waals surface area contributed by atoms with Gasteiger partial charge in [0.1, 0.15) is 6.61 Å². The number of carbonyl (C=O) groups excluding carboxylic acids is 3. The van der Waals surface area contributed by atoms with Crippen LogP contribution >= 0.6 is 0 Å². The molecule has 0 fully saturated rings. The topological polar surface area (TPSA) is 95.9 Å². The molecule has 2 aromatic carbocycles. The molecule has 0 radical (unpaired) electrons. The molecule has 0 spiro atoms. The minimum Gasteiger partial charge on any atom is -0.463 e. The Hall–Kier alpha value is -3.45. The number of rotatable bonds is 9. The summed E-state index contributed by atoms with van der Waals surface area (Å²) in [6.07, 6.45) is 5.28. The lowest BCUT2D eigenvalue weighted by atomic mass is 9.93. The second kappa shape index (κ2) is 15.1. The van der Waals surface area contributed by atoms with Gasteiger partial charge in [0.2, 0.25) is 11.8 Å². The Morgan fingerprint density at radius 3 is 2.18 bits per heavy atom. The zero-order valence-corrected chi connectivity index (χ0v) is 22.4. The Kier molecular flexibility index (Phi) is 11.6. The minimum absolute atomic E-state index is 0.0288. The first kappa shape index (κ1) is 29.1. The summed E-state index contributed by atoms with van der Waals surface area (Å²) in [4.78, 5) is 41.1. The molecule has 1 aliphatic rings.